The Balaban J connectivity index is 1.58. The van der Waals surface area contributed by atoms with Crippen LogP contribution in [0.25, 0.3) is 0 Å². The number of hydrogen-bond acceptors (Lipinski definition) is 4. The smallest absolute Gasteiger partial charge is 0.261 e. The number of carbonyl (C=O) groups excluding carboxylic acids is 2. The van der Waals surface area contributed by atoms with E-state index >= 15 is 0 Å². The summed E-state index contributed by atoms with van der Waals surface area (Å²) in [6.07, 6.45) is 0. The number of hydrogen-bond donors (Lipinski definition) is 2. The molecular weight excluding hydrogens is 367 g/mol. The quantitative estimate of drug-likeness (QED) is 0.673. The lowest BCUT2D eigenvalue weighted by atomic mass is 10.1. The van der Waals surface area contributed by atoms with Gasteiger partial charge in [0.2, 0.25) is 0 Å². The molecule has 0 aliphatic carbocycles. The highest BCUT2D eigenvalue weighted by Gasteiger charge is 2.10. The van der Waals surface area contributed by atoms with Gasteiger partial charge in [0.15, 0.2) is 11.6 Å². The average molecular weight is 384 g/mol. The molecule has 5 nitrogen and oxygen atoms in total. The molecule has 1 aromatic heterocycles. The SMILES string of the molecule is COc1ccc(NC(=O)c2ccc(CNC(=O)c3cccs3)cc2)cc1F. The van der Waals surface area contributed by atoms with Crippen molar-refractivity contribution in [2.24, 2.45) is 0 Å². The Morgan fingerprint density at radius 2 is 1.85 bits per heavy atom. The van der Waals surface area contributed by atoms with E-state index in [-0.39, 0.29) is 17.6 Å². The molecule has 0 unspecified atom stereocenters. The number of amides is 2. The molecular formula is C20H17FN2O3S. The second kappa shape index (κ2) is 8.46. The number of ether oxygens (including phenoxy) is 1. The van der Waals surface area contributed by atoms with Crippen LogP contribution in [-0.2, 0) is 6.54 Å². The van der Waals surface area contributed by atoms with Crippen LogP contribution in [0, 0.1) is 5.82 Å². The summed E-state index contributed by atoms with van der Waals surface area (Å²) < 4.78 is 18.5. The minimum Gasteiger partial charge on any atom is -0.494 e. The van der Waals surface area contributed by atoms with Gasteiger partial charge in [0, 0.05) is 23.9 Å². The van der Waals surface area contributed by atoms with Gasteiger partial charge in [-0.2, -0.15) is 0 Å². The zero-order chi connectivity index (χ0) is 19.2. The zero-order valence-corrected chi connectivity index (χ0v) is 15.3. The fourth-order valence-electron chi connectivity index (χ4n) is 2.40. The number of benzene rings is 2. The molecule has 1 heterocycles. The molecule has 0 saturated carbocycles. The lowest BCUT2D eigenvalue weighted by molar-refractivity contribution is 0.0953. The molecule has 0 saturated heterocycles. The maximum Gasteiger partial charge on any atom is 0.261 e. The highest BCUT2D eigenvalue weighted by Crippen LogP contribution is 2.21. The molecule has 27 heavy (non-hydrogen) atoms. The molecule has 0 spiro atoms. The van der Waals surface area contributed by atoms with E-state index in [0.29, 0.717) is 22.7 Å². The van der Waals surface area contributed by atoms with Crippen LogP contribution in [0.2, 0.25) is 0 Å². The van der Waals surface area contributed by atoms with Gasteiger partial charge in [-0.05, 0) is 41.3 Å². The maximum absolute atomic E-state index is 13.7. The number of anilines is 1. The summed E-state index contributed by atoms with van der Waals surface area (Å²) in [6, 6.07) is 14.6. The van der Waals surface area contributed by atoms with Crippen LogP contribution >= 0.6 is 11.3 Å². The summed E-state index contributed by atoms with van der Waals surface area (Å²) in [7, 11) is 1.38. The first-order valence-electron chi connectivity index (χ1n) is 8.12. The van der Waals surface area contributed by atoms with Crippen LogP contribution in [0.5, 0.6) is 5.75 Å². The number of thiophene rings is 1. The van der Waals surface area contributed by atoms with E-state index in [1.54, 1.807) is 36.4 Å². The Labute approximate surface area is 159 Å². The summed E-state index contributed by atoms with van der Waals surface area (Å²) in [4.78, 5) is 24.9. The van der Waals surface area contributed by atoms with Gasteiger partial charge in [0.25, 0.3) is 11.8 Å². The second-order valence-corrected chi connectivity index (χ2v) is 6.61. The first kappa shape index (κ1) is 18.6. The van der Waals surface area contributed by atoms with Crippen LogP contribution in [0.1, 0.15) is 25.6 Å². The van der Waals surface area contributed by atoms with Gasteiger partial charge in [-0.1, -0.05) is 18.2 Å². The van der Waals surface area contributed by atoms with E-state index in [1.807, 2.05) is 11.4 Å². The molecule has 0 aliphatic heterocycles. The Bertz CT molecular complexity index is 940. The Morgan fingerprint density at radius 1 is 1.07 bits per heavy atom. The molecule has 7 heteroatoms. The molecule has 3 rings (SSSR count). The molecule has 138 valence electrons. The van der Waals surface area contributed by atoms with Crippen molar-refractivity contribution in [3.05, 3.63) is 81.8 Å². The normalized spacial score (nSPS) is 10.3. The summed E-state index contributed by atoms with van der Waals surface area (Å²) in [6.45, 7) is 0.363. The van der Waals surface area contributed by atoms with Gasteiger partial charge in [-0.3, -0.25) is 9.59 Å². The van der Waals surface area contributed by atoms with Gasteiger partial charge in [0.05, 0.1) is 12.0 Å². The van der Waals surface area contributed by atoms with Gasteiger partial charge < -0.3 is 15.4 Å². The van der Waals surface area contributed by atoms with Crippen molar-refractivity contribution in [2.75, 3.05) is 12.4 Å². The minimum atomic E-state index is -0.549. The molecule has 0 bridgehead atoms. The van der Waals surface area contributed by atoms with Crippen molar-refractivity contribution in [3.8, 4) is 5.75 Å². The Hall–Kier alpha value is -3.19. The topological polar surface area (TPSA) is 67.4 Å². The molecule has 0 fully saturated rings. The van der Waals surface area contributed by atoms with Crippen LogP contribution in [-0.4, -0.2) is 18.9 Å². The lowest BCUT2D eigenvalue weighted by Gasteiger charge is -2.08. The van der Waals surface area contributed by atoms with Gasteiger partial charge >= 0.3 is 0 Å². The number of nitrogens with one attached hydrogen (secondary N) is 2. The van der Waals surface area contributed by atoms with E-state index in [9.17, 15) is 14.0 Å². The third-order valence-electron chi connectivity index (χ3n) is 3.82. The van der Waals surface area contributed by atoms with E-state index in [1.165, 1.54) is 30.6 Å². The summed E-state index contributed by atoms with van der Waals surface area (Å²) >= 11 is 1.38. The summed E-state index contributed by atoms with van der Waals surface area (Å²) in [5, 5.41) is 7.30. The van der Waals surface area contributed by atoms with Crippen molar-refractivity contribution in [1.29, 1.82) is 0 Å². The largest absolute Gasteiger partial charge is 0.494 e. The van der Waals surface area contributed by atoms with Crippen molar-refractivity contribution in [3.63, 3.8) is 0 Å². The third-order valence-corrected chi connectivity index (χ3v) is 4.69. The predicted octanol–water partition coefficient (Wildman–Crippen LogP) is 4.08. The van der Waals surface area contributed by atoms with Crippen LogP contribution < -0.4 is 15.4 Å². The summed E-state index contributed by atoms with van der Waals surface area (Å²) in [5.74, 6) is -0.920. The fraction of sp³-hybridized carbons (Fsp3) is 0.100. The molecule has 2 aromatic carbocycles. The number of carbonyl (C=O) groups is 2. The zero-order valence-electron chi connectivity index (χ0n) is 14.5. The number of halogens is 1. The molecule has 2 N–H and O–H groups in total. The second-order valence-electron chi connectivity index (χ2n) is 5.66. The number of methoxy groups -OCH3 is 1. The van der Waals surface area contributed by atoms with Crippen molar-refractivity contribution in [2.45, 2.75) is 6.54 Å². The van der Waals surface area contributed by atoms with E-state index in [0.717, 1.165) is 5.56 Å². The van der Waals surface area contributed by atoms with Crippen molar-refractivity contribution >= 4 is 28.8 Å². The number of rotatable bonds is 6. The molecule has 0 radical (unpaired) electrons. The highest BCUT2D eigenvalue weighted by molar-refractivity contribution is 7.12. The van der Waals surface area contributed by atoms with Crippen LogP contribution in [0.15, 0.2) is 60.0 Å². The standard InChI is InChI=1S/C20H17FN2O3S/c1-26-17-9-8-15(11-16(17)21)23-19(24)14-6-4-13(5-7-14)12-22-20(25)18-3-2-10-27-18/h2-11H,12H2,1H3,(H,22,25)(H,23,24). The van der Waals surface area contributed by atoms with Gasteiger partial charge in [-0.25, -0.2) is 4.39 Å². The molecule has 0 aliphatic rings. The third kappa shape index (κ3) is 4.71. The minimum absolute atomic E-state index is 0.113. The first-order chi connectivity index (χ1) is 13.1. The Kier molecular flexibility index (Phi) is 5.83. The molecule has 3 aromatic rings. The van der Waals surface area contributed by atoms with Gasteiger partial charge in [-0.15, -0.1) is 11.3 Å². The van der Waals surface area contributed by atoms with Gasteiger partial charge in [0.1, 0.15) is 0 Å². The van der Waals surface area contributed by atoms with Crippen molar-refractivity contribution < 1.29 is 18.7 Å². The molecule has 0 atom stereocenters. The first-order valence-corrected chi connectivity index (χ1v) is 9.00. The van der Waals surface area contributed by atoms with E-state index in [4.69, 9.17) is 4.74 Å². The van der Waals surface area contributed by atoms with Crippen molar-refractivity contribution in [1.82, 2.24) is 5.32 Å². The fourth-order valence-corrected chi connectivity index (χ4v) is 3.04. The van der Waals surface area contributed by atoms with E-state index in [2.05, 4.69) is 10.6 Å². The monoisotopic (exact) mass is 384 g/mol. The van der Waals surface area contributed by atoms with E-state index < -0.39 is 5.82 Å². The summed E-state index contributed by atoms with van der Waals surface area (Å²) in [5.41, 5.74) is 1.64. The maximum atomic E-state index is 13.7. The van der Waals surface area contributed by atoms with Crippen LogP contribution in [0.4, 0.5) is 10.1 Å². The Morgan fingerprint density at radius 3 is 2.48 bits per heavy atom. The molecule has 2 amide bonds. The lowest BCUT2D eigenvalue weighted by Crippen LogP contribution is -2.21. The van der Waals surface area contributed by atoms with Crippen LogP contribution in [0.3, 0.4) is 0 Å². The highest BCUT2D eigenvalue weighted by atomic mass is 32.1. The predicted molar refractivity (Wildman–Crippen MR) is 103 cm³/mol. The average Bonchev–Trinajstić information content (AvgIpc) is 3.21.